The highest BCUT2D eigenvalue weighted by molar-refractivity contribution is 6.05. The molecule has 0 atom stereocenters. The van der Waals surface area contributed by atoms with Gasteiger partial charge in [-0.05, 0) is 12.1 Å². The summed E-state index contributed by atoms with van der Waals surface area (Å²) in [5.74, 6) is 0.788. The molecule has 8 heteroatoms. The van der Waals surface area contributed by atoms with E-state index in [4.69, 9.17) is 5.73 Å². The molecule has 1 fully saturated rings. The van der Waals surface area contributed by atoms with E-state index in [1.807, 2.05) is 0 Å². The van der Waals surface area contributed by atoms with E-state index in [2.05, 4.69) is 30.5 Å². The second-order valence-electron chi connectivity index (χ2n) is 4.87. The van der Waals surface area contributed by atoms with E-state index in [9.17, 15) is 4.79 Å². The van der Waals surface area contributed by atoms with Gasteiger partial charge in [-0.2, -0.15) is 0 Å². The zero-order chi connectivity index (χ0) is 15.4. The summed E-state index contributed by atoms with van der Waals surface area (Å²) < 4.78 is 0. The number of nitrogens with one attached hydrogen (secondary N) is 2. The molecule has 0 saturated carbocycles. The van der Waals surface area contributed by atoms with Gasteiger partial charge in [-0.3, -0.25) is 4.79 Å². The Labute approximate surface area is 132 Å². The van der Waals surface area contributed by atoms with E-state index < -0.39 is 5.91 Å². The minimum atomic E-state index is -0.416. The Balaban J connectivity index is 0.00000192. The SMILES string of the molecule is Nc1ncc(N2CCNCC2)nc1C(=O)Nc1ccccn1.[HH].[HH].[HH]. The molecule has 0 aliphatic carbocycles. The summed E-state index contributed by atoms with van der Waals surface area (Å²) in [5.41, 5.74) is 5.90. The fourth-order valence-corrected chi connectivity index (χ4v) is 2.21. The van der Waals surface area contributed by atoms with Crippen LogP contribution in [0, 0.1) is 0 Å². The van der Waals surface area contributed by atoms with E-state index in [1.54, 1.807) is 30.6 Å². The van der Waals surface area contributed by atoms with Crippen molar-refractivity contribution in [3.8, 4) is 0 Å². The topological polar surface area (TPSA) is 109 Å². The van der Waals surface area contributed by atoms with Crippen molar-refractivity contribution in [2.24, 2.45) is 0 Å². The number of hydrogen-bond donors (Lipinski definition) is 3. The lowest BCUT2D eigenvalue weighted by Crippen LogP contribution is -2.44. The first-order valence-corrected chi connectivity index (χ1v) is 7.04. The van der Waals surface area contributed by atoms with Crippen LogP contribution < -0.4 is 21.3 Å². The van der Waals surface area contributed by atoms with Crippen LogP contribution in [0.4, 0.5) is 17.5 Å². The molecule has 1 amide bonds. The number of rotatable bonds is 3. The van der Waals surface area contributed by atoms with Crippen molar-refractivity contribution >= 4 is 23.4 Å². The smallest absolute Gasteiger partial charge is 0.279 e. The molecule has 8 nitrogen and oxygen atoms in total. The predicted octanol–water partition coefficient (Wildman–Crippen LogP) is 0.854. The summed E-state index contributed by atoms with van der Waals surface area (Å²) >= 11 is 0. The Morgan fingerprint density at radius 1 is 1.32 bits per heavy atom. The second kappa shape index (κ2) is 6.35. The van der Waals surface area contributed by atoms with Gasteiger partial charge >= 0.3 is 0 Å². The number of piperazine rings is 1. The van der Waals surface area contributed by atoms with Gasteiger partial charge in [0.25, 0.3) is 5.91 Å². The number of amides is 1. The average molecular weight is 305 g/mol. The average Bonchev–Trinajstić information content (AvgIpc) is 2.57. The molecule has 0 bridgehead atoms. The van der Waals surface area contributed by atoms with Crippen LogP contribution in [0.1, 0.15) is 14.8 Å². The molecule has 2 aromatic heterocycles. The zero-order valence-corrected chi connectivity index (χ0v) is 12.0. The van der Waals surface area contributed by atoms with Crippen molar-refractivity contribution < 1.29 is 9.07 Å². The van der Waals surface area contributed by atoms with Crippen LogP contribution in [0.5, 0.6) is 0 Å². The Kier molecular flexibility index (Phi) is 4.10. The molecule has 0 radical (unpaired) electrons. The molecule has 0 unspecified atom stereocenters. The quantitative estimate of drug-likeness (QED) is 0.771. The van der Waals surface area contributed by atoms with Gasteiger partial charge in [0.05, 0.1) is 6.20 Å². The molecule has 3 rings (SSSR count). The molecular weight excluding hydrogens is 282 g/mol. The summed E-state index contributed by atoms with van der Waals surface area (Å²) in [5, 5.41) is 5.93. The maximum Gasteiger partial charge on any atom is 0.279 e. The van der Waals surface area contributed by atoms with E-state index in [1.165, 1.54) is 0 Å². The molecule has 3 heterocycles. The zero-order valence-electron chi connectivity index (χ0n) is 12.0. The van der Waals surface area contributed by atoms with Crippen LogP contribution in [0.3, 0.4) is 0 Å². The molecule has 0 spiro atoms. The predicted molar refractivity (Wildman–Crippen MR) is 90.1 cm³/mol. The fraction of sp³-hybridized carbons (Fsp3) is 0.286. The normalized spacial score (nSPS) is 14.6. The van der Waals surface area contributed by atoms with Crippen molar-refractivity contribution in [2.75, 3.05) is 42.1 Å². The monoisotopic (exact) mass is 305 g/mol. The van der Waals surface area contributed by atoms with Crippen LogP contribution >= 0.6 is 0 Å². The summed E-state index contributed by atoms with van der Waals surface area (Å²) in [6, 6.07) is 5.26. The Hall–Kier alpha value is -2.74. The maximum absolute atomic E-state index is 12.3. The molecule has 120 valence electrons. The van der Waals surface area contributed by atoms with E-state index in [-0.39, 0.29) is 15.8 Å². The number of pyridine rings is 1. The number of anilines is 3. The summed E-state index contributed by atoms with van der Waals surface area (Å²) in [6.07, 6.45) is 3.19. The van der Waals surface area contributed by atoms with Crippen molar-refractivity contribution in [3.05, 3.63) is 36.3 Å². The molecular formula is C14H23N7O. The van der Waals surface area contributed by atoms with Gasteiger partial charge in [0.2, 0.25) is 0 Å². The lowest BCUT2D eigenvalue weighted by molar-refractivity contribution is 0.102. The lowest BCUT2D eigenvalue weighted by atomic mass is 10.3. The van der Waals surface area contributed by atoms with E-state index in [0.717, 1.165) is 26.2 Å². The second-order valence-corrected chi connectivity index (χ2v) is 4.87. The van der Waals surface area contributed by atoms with Crippen molar-refractivity contribution in [1.29, 1.82) is 0 Å². The number of carbonyl (C=O) groups is 1. The third-order valence-corrected chi connectivity index (χ3v) is 3.35. The Bertz CT molecular complexity index is 669. The first kappa shape index (κ1) is 14.2. The standard InChI is InChI=1S/C14H17N7O.3H2/c15-13-12(14(22)19-10-3-1-2-4-17-10)20-11(9-18-13)21-7-5-16-6-8-21;;;/h1-4,9,16H,5-8H2,(H2,15,18)(H,17,19,22);3*1H. The van der Waals surface area contributed by atoms with Crippen LogP contribution in [-0.4, -0.2) is 47.0 Å². The van der Waals surface area contributed by atoms with E-state index in [0.29, 0.717) is 11.6 Å². The highest BCUT2D eigenvalue weighted by Gasteiger charge is 2.18. The summed E-state index contributed by atoms with van der Waals surface area (Å²) in [6.45, 7) is 3.39. The van der Waals surface area contributed by atoms with Gasteiger partial charge in [-0.25, -0.2) is 15.0 Å². The summed E-state index contributed by atoms with van der Waals surface area (Å²) in [4.78, 5) is 26.9. The molecule has 0 aromatic carbocycles. The third kappa shape index (κ3) is 3.12. The van der Waals surface area contributed by atoms with Gasteiger partial charge in [0, 0.05) is 36.7 Å². The molecule has 1 aliphatic heterocycles. The number of nitrogen functional groups attached to an aromatic ring is 1. The van der Waals surface area contributed by atoms with Crippen molar-refractivity contribution in [3.63, 3.8) is 0 Å². The van der Waals surface area contributed by atoms with Crippen LogP contribution in [0.2, 0.25) is 0 Å². The first-order chi connectivity index (χ1) is 10.7. The van der Waals surface area contributed by atoms with Crippen LogP contribution in [-0.2, 0) is 0 Å². The number of nitrogens with zero attached hydrogens (tertiary/aromatic N) is 4. The number of nitrogens with two attached hydrogens (primary N) is 1. The minimum absolute atomic E-state index is 0. The first-order valence-electron chi connectivity index (χ1n) is 7.04. The summed E-state index contributed by atoms with van der Waals surface area (Å²) in [7, 11) is 0. The Morgan fingerprint density at radius 3 is 2.86 bits per heavy atom. The highest BCUT2D eigenvalue weighted by Crippen LogP contribution is 2.15. The third-order valence-electron chi connectivity index (χ3n) is 3.35. The number of hydrogen-bond acceptors (Lipinski definition) is 7. The van der Waals surface area contributed by atoms with Gasteiger partial charge in [-0.1, -0.05) is 6.07 Å². The Morgan fingerprint density at radius 2 is 2.14 bits per heavy atom. The largest absolute Gasteiger partial charge is 0.382 e. The molecule has 4 N–H and O–H groups in total. The highest BCUT2D eigenvalue weighted by atomic mass is 16.2. The lowest BCUT2D eigenvalue weighted by Gasteiger charge is -2.28. The molecule has 2 aromatic rings. The fourth-order valence-electron chi connectivity index (χ4n) is 2.21. The van der Waals surface area contributed by atoms with Gasteiger partial charge in [-0.15, -0.1) is 0 Å². The van der Waals surface area contributed by atoms with Crippen molar-refractivity contribution in [1.82, 2.24) is 20.3 Å². The van der Waals surface area contributed by atoms with Gasteiger partial charge in [0.15, 0.2) is 11.5 Å². The number of carbonyl (C=O) groups excluding carboxylic acids is 1. The maximum atomic E-state index is 12.3. The van der Waals surface area contributed by atoms with Gasteiger partial charge < -0.3 is 21.3 Å². The van der Waals surface area contributed by atoms with Crippen LogP contribution in [0.15, 0.2) is 30.6 Å². The van der Waals surface area contributed by atoms with Gasteiger partial charge in [0.1, 0.15) is 11.6 Å². The molecule has 1 saturated heterocycles. The minimum Gasteiger partial charge on any atom is -0.382 e. The molecule has 1 aliphatic rings. The van der Waals surface area contributed by atoms with E-state index >= 15 is 0 Å². The number of aromatic nitrogens is 3. The molecule has 22 heavy (non-hydrogen) atoms. The van der Waals surface area contributed by atoms with Crippen molar-refractivity contribution in [2.45, 2.75) is 0 Å². The van der Waals surface area contributed by atoms with Crippen LogP contribution in [0.25, 0.3) is 0 Å².